The number of hydrogen-bond donors (Lipinski definition) is 0. The van der Waals surface area contributed by atoms with Gasteiger partial charge in [0.2, 0.25) is 0 Å². The van der Waals surface area contributed by atoms with Gasteiger partial charge in [-0.2, -0.15) is 12.7 Å². The van der Waals surface area contributed by atoms with Crippen molar-refractivity contribution < 1.29 is 56.2 Å². The SMILES string of the molecule is C=CC(=O)[CH-]N(C)C.[K+]. The zero-order chi connectivity index (χ0) is 6.57. The van der Waals surface area contributed by atoms with Crippen molar-refractivity contribution in [3.05, 3.63) is 19.2 Å². The second-order valence-electron chi connectivity index (χ2n) is 1.70. The van der Waals surface area contributed by atoms with E-state index in [0.717, 1.165) is 0 Å². The second kappa shape index (κ2) is 6.99. The molecular weight excluding hydrogens is 141 g/mol. The summed E-state index contributed by atoms with van der Waals surface area (Å²) in [6, 6.07) is 0. The number of rotatable bonds is 3. The van der Waals surface area contributed by atoms with Crippen LogP contribution in [-0.2, 0) is 4.79 Å². The van der Waals surface area contributed by atoms with Crippen LogP contribution in [0.3, 0.4) is 0 Å². The summed E-state index contributed by atoms with van der Waals surface area (Å²) in [4.78, 5) is 12.1. The van der Waals surface area contributed by atoms with Gasteiger partial charge in [-0.3, -0.25) is 0 Å². The zero-order valence-corrected chi connectivity index (χ0v) is 9.34. The van der Waals surface area contributed by atoms with Gasteiger partial charge in [-0.05, 0) is 14.1 Å². The first-order chi connectivity index (χ1) is 3.66. The summed E-state index contributed by atoms with van der Waals surface area (Å²) in [6.07, 6.45) is 1.28. The van der Waals surface area contributed by atoms with Gasteiger partial charge in [-0.15, -0.1) is 6.54 Å². The van der Waals surface area contributed by atoms with E-state index in [1.807, 2.05) is 0 Å². The van der Waals surface area contributed by atoms with Crippen molar-refractivity contribution in [1.82, 2.24) is 4.90 Å². The zero-order valence-electron chi connectivity index (χ0n) is 6.22. The minimum absolute atomic E-state index is 0. The molecule has 0 saturated heterocycles. The van der Waals surface area contributed by atoms with E-state index in [1.54, 1.807) is 19.0 Å². The largest absolute Gasteiger partial charge is 1.00 e. The number of likely N-dealkylation sites (N-methyl/N-ethyl adjacent to an activating group) is 1. The number of hydrogen-bond acceptors (Lipinski definition) is 2. The Kier molecular flexibility index (Phi) is 9.74. The van der Waals surface area contributed by atoms with E-state index >= 15 is 0 Å². The van der Waals surface area contributed by atoms with Gasteiger partial charge in [-0.25, -0.2) is 0 Å². The molecule has 0 radical (unpaired) electrons. The summed E-state index contributed by atoms with van der Waals surface area (Å²) in [7, 11) is 3.59. The van der Waals surface area contributed by atoms with E-state index in [0.29, 0.717) is 0 Å². The van der Waals surface area contributed by atoms with Crippen LogP contribution in [0.1, 0.15) is 0 Å². The molecule has 0 bridgehead atoms. The second-order valence-corrected chi connectivity index (χ2v) is 1.70. The van der Waals surface area contributed by atoms with Crippen molar-refractivity contribution in [2.75, 3.05) is 14.1 Å². The third-order valence-electron chi connectivity index (χ3n) is 0.587. The molecule has 0 aliphatic carbocycles. The number of carbonyl (C=O) groups is 1. The molecule has 0 spiro atoms. The first-order valence-corrected chi connectivity index (χ1v) is 2.34. The average Bonchev–Trinajstić information content (AvgIpc) is 1.65. The predicted molar refractivity (Wildman–Crippen MR) is 33.2 cm³/mol. The fourth-order valence-corrected chi connectivity index (χ4v) is 0.307. The Morgan fingerprint density at radius 2 is 2.11 bits per heavy atom. The van der Waals surface area contributed by atoms with Crippen molar-refractivity contribution in [2.45, 2.75) is 0 Å². The van der Waals surface area contributed by atoms with E-state index in [4.69, 9.17) is 0 Å². The first-order valence-electron chi connectivity index (χ1n) is 2.34. The molecule has 0 aromatic carbocycles. The van der Waals surface area contributed by atoms with E-state index in [9.17, 15) is 4.79 Å². The standard InChI is InChI=1S/C6H10NO.K/c1-4-6(8)5-7(2)3;/h4-5H,1H2,2-3H3;/q-1;+1. The summed E-state index contributed by atoms with van der Waals surface area (Å²) < 4.78 is 0. The summed E-state index contributed by atoms with van der Waals surface area (Å²) >= 11 is 0. The Balaban J connectivity index is 0. The van der Waals surface area contributed by atoms with Crippen LogP contribution in [0, 0.1) is 6.54 Å². The number of carbonyl (C=O) groups excluding carboxylic acids is 1. The third-order valence-corrected chi connectivity index (χ3v) is 0.587. The molecule has 0 aromatic heterocycles. The molecule has 2 nitrogen and oxygen atoms in total. The monoisotopic (exact) mass is 151 g/mol. The van der Waals surface area contributed by atoms with Crippen molar-refractivity contribution in [3.8, 4) is 0 Å². The van der Waals surface area contributed by atoms with Crippen LogP contribution in [0.25, 0.3) is 0 Å². The molecule has 0 atom stereocenters. The Labute approximate surface area is 98.7 Å². The van der Waals surface area contributed by atoms with Gasteiger partial charge in [0.25, 0.3) is 0 Å². The predicted octanol–water partition coefficient (Wildman–Crippen LogP) is -2.53. The summed E-state index contributed by atoms with van der Waals surface area (Å²) in [5.74, 6) is -0.0602. The molecular formula is C6H10KNO. The van der Waals surface area contributed by atoms with E-state index in [1.165, 1.54) is 12.6 Å². The van der Waals surface area contributed by atoms with Crippen LogP contribution in [0.2, 0.25) is 0 Å². The smallest absolute Gasteiger partial charge is 0.361 e. The molecule has 0 aromatic rings. The molecule has 0 heterocycles. The third kappa shape index (κ3) is 8.88. The van der Waals surface area contributed by atoms with Gasteiger partial charge in [0, 0.05) is 5.78 Å². The normalized spacial score (nSPS) is 7.89. The van der Waals surface area contributed by atoms with Crippen LogP contribution in [-0.4, -0.2) is 24.8 Å². The minimum atomic E-state index is -0.0602. The summed E-state index contributed by atoms with van der Waals surface area (Å²) in [5, 5.41) is 0. The van der Waals surface area contributed by atoms with Crippen molar-refractivity contribution in [1.29, 1.82) is 0 Å². The quantitative estimate of drug-likeness (QED) is 0.252. The molecule has 9 heavy (non-hydrogen) atoms. The molecule has 0 rings (SSSR count). The fraction of sp³-hybridized carbons (Fsp3) is 0.333. The van der Waals surface area contributed by atoms with E-state index in [-0.39, 0.29) is 57.2 Å². The fourth-order valence-electron chi connectivity index (χ4n) is 0.307. The molecule has 0 saturated carbocycles. The molecule has 0 N–H and O–H groups in total. The van der Waals surface area contributed by atoms with E-state index in [2.05, 4.69) is 6.58 Å². The van der Waals surface area contributed by atoms with E-state index < -0.39 is 0 Å². The molecule has 0 fully saturated rings. The van der Waals surface area contributed by atoms with Crippen molar-refractivity contribution >= 4 is 5.78 Å². The maximum Gasteiger partial charge on any atom is 1.00 e. The number of ketones is 1. The van der Waals surface area contributed by atoms with Crippen LogP contribution in [0.15, 0.2) is 12.7 Å². The Morgan fingerprint density at radius 1 is 1.67 bits per heavy atom. The van der Waals surface area contributed by atoms with Gasteiger partial charge in [-0.1, -0.05) is 0 Å². The maximum absolute atomic E-state index is 10.4. The Bertz CT molecular complexity index is 101. The molecule has 0 unspecified atom stereocenters. The number of nitrogens with zero attached hydrogens (tertiary/aromatic N) is 1. The topological polar surface area (TPSA) is 20.3 Å². The van der Waals surface area contributed by atoms with Crippen molar-refractivity contribution in [3.63, 3.8) is 0 Å². The van der Waals surface area contributed by atoms with Crippen LogP contribution >= 0.6 is 0 Å². The average molecular weight is 151 g/mol. The molecule has 0 aliphatic rings. The molecule has 0 amide bonds. The molecule has 0 aliphatic heterocycles. The van der Waals surface area contributed by atoms with Crippen molar-refractivity contribution in [2.24, 2.45) is 0 Å². The van der Waals surface area contributed by atoms with Gasteiger partial charge in [0.1, 0.15) is 0 Å². The summed E-state index contributed by atoms with van der Waals surface area (Å²) in [5.41, 5.74) is 0. The maximum atomic E-state index is 10.4. The van der Waals surface area contributed by atoms with Crippen LogP contribution in [0.4, 0.5) is 0 Å². The van der Waals surface area contributed by atoms with Gasteiger partial charge in [0.15, 0.2) is 0 Å². The minimum Gasteiger partial charge on any atom is -0.361 e. The Hall–Kier alpha value is 0.876. The van der Waals surface area contributed by atoms with Gasteiger partial charge in [0.05, 0.1) is 0 Å². The first kappa shape index (κ1) is 12.5. The van der Waals surface area contributed by atoms with Crippen LogP contribution in [0.5, 0.6) is 0 Å². The molecule has 46 valence electrons. The van der Waals surface area contributed by atoms with Crippen LogP contribution < -0.4 is 51.4 Å². The molecule has 3 heteroatoms. The van der Waals surface area contributed by atoms with Gasteiger partial charge >= 0.3 is 51.4 Å². The summed E-state index contributed by atoms with van der Waals surface area (Å²) in [6.45, 7) is 4.77. The Morgan fingerprint density at radius 3 is 2.22 bits per heavy atom. The van der Waals surface area contributed by atoms with Gasteiger partial charge < -0.3 is 9.69 Å².